The minimum absolute atomic E-state index is 0.244. The summed E-state index contributed by atoms with van der Waals surface area (Å²) in [6, 6.07) is -1.72. The van der Waals surface area contributed by atoms with Crippen molar-refractivity contribution in [1.29, 1.82) is 0 Å². The summed E-state index contributed by atoms with van der Waals surface area (Å²) in [7, 11) is 0. The largest absolute Gasteiger partial charge is 0.351 e. The fourth-order valence-electron chi connectivity index (χ4n) is 2.87. The van der Waals surface area contributed by atoms with Gasteiger partial charge in [0.25, 0.3) is 5.91 Å². The molecule has 0 spiro atoms. The molecule has 1 unspecified atom stereocenters. The van der Waals surface area contributed by atoms with E-state index in [0.717, 1.165) is 37.9 Å². The van der Waals surface area contributed by atoms with Crippen molar-refractivity contribution in [2.24, 2.45) is 5.73 Å². The minimum Gasteiger partial charge on any atom is -0.351 e. The molecule has 0 aromatic carbocycles. The molecule has 0 aliphatic heterocycles. The van der Waals surface area contributed by atoms with Gasteiger partial charge in [-0.2, -0.15) is 11.8 Å². The molecule has 0 saturated heterocycles. The van der Waals surface area contributed by atoms with Gasteiger partial charge in [-0.05, 0) is 66.7 Å². The van der Waals surface area contributed by atoms with Crippen molar-refractivity contribution in [2.75, 3.05) is 11.5 Å². The second-order valence-corrected chi connectivity index (χ2v) is 9.70. The van der Waals surface area contributed by atoms with Gasteiger partial charge in [0.05, 0.1) is 0 Å². The van der Waals surface area contributed by atoms with Crippen molar-refractivity contribution in [3.8, 4) is 0 Å². The van der Waals surface area contributed by atoms with Crippen molar-refractivity contribution in [3.05, 3.63) is 46.6 Å². The van der Waals surface area contributed by atoms with Gasteiger partial charge in [-0.3, -0.25) is 14.9 Å². The zero-order valence-electron chi connectivity index (χ0n) is 21.3. The van der Waals surface area contributed by atoms with E-state index in [1.165, 1.54) is 34.1 Å². The highest BCUT2D eigenvalue weighted by molar-refractivity contribution is 7.99. The third-order valence-electron chi connectivity index (χ3n) is 4.82. The summed E-state index contributed by atoms with van der Waals surface area (Å²) in [5, 5.41) is 4.70. The van der Waals surface area contributed by atoms with Crippen LogP contribution in [0.3, 0.4) is 0 Å². The summed E-state index contributed by atoms with van der Waals surface area (Å²) < 4.78 is 0. The number of thioether (sulfide) groups is 1. The maximum absolute atomic E-state index is 12.2. The van der Waals surface area contributed by atoms with Crippen molar-refractivity contribution in [1.82, 2.24) is 10.6 Å². The number of rotatable bonds is 15. The number of amides is 4. The Balaban J connectivity index is 4.92. The lowest BCUT2D eigenvalue weighted by Crippen LogP contribution is -2.51. The Morgan fingerprint density at radius 3 is 2.12 bits per heavy atom. The van der Waals surface area contributed by atoms with Crippen molar-refractivity contribution < 1.29 is 14.4 Å². The Hall–Kier alpha value is -2.28. The van der Waals surface area contributed by atoms with E-state index in [1.807, 2.05) is 0 Å². The van der Waals surface area contributed by atoms with Gasteiger partial charge < -0.3 is 11.1 Å². The molecule has 0 saturated carbocycles. The molecule has 4 amide bonds. The number of allylic oxidation sites excluding steroid dienone is 7. The first-order valence-corrected chi connectivity index (χ1v) is 12.8. The maximum Gasteiger partial charge on any atom is 0.318 e. The number of nitrogens with one attached hydrogen (secondary N) is 2. The number of nitrogens with two attached hydrogens (primary N) is 1. The number of imide groups is 1. The number of primary amides is 1. The van der Waals surface area contributed by atoms with Crippen LogP contribution in [0, 0.1) is 0 Å². The van der Waals surface area contributed by atoms with Crippen molar-refractivity contribution >= 4 is 29.6 Å². The van der Waals surface area contributed by atoms with E-state index in [0.29, 0.717) is 5.75 Å². The lowest BCUT2D eigenvalue weighted by molar-refractivity contribution is -0.127. The highest BCUT2D eigenvalue weighted by Gasteiger charge is 2.21. The first-order chi connectivity index (χ1) is 15.5. The SMILES string of the molecule is CCC(=O)NC(CSC/C=C(\CC=C(C)C)CC/C=C(\C)CCC=C(C)C)C(=O)NC(N)=O. The molecule has 0 radical (unpaired) electrons. The smallest absolute Gasteiger partial charge is 0.318 e. The second kappa shape index (κ2) is 18.2. The van der Waals surface area contributed by atoms with E-state index in [4.69, 9.17) is 5.73 Å². The topological polar surface area (TPSA) is 101 Å². The van der Waals surface area contributed by atoms with Gasteiger partial charge in [-0.1, -0.05) is 53.5 Å². The number of carbonyl (C=O) groups excluding carboxylic acids is 3. The molecular weight excluding hydrogens is 434 g/mol. The molecule has 186 valence electrons. The summed E-state index contributed by atoms with van der Waals surface area (Å²) in [5.41, 5.74) is 10.5. The van der Waals surface area contributed by atoms with Crippen LogP contribution in [0.5, 0.6) is 0 Å². The lowest BCUT2D eigenvalue weighted by Gasteiger charge is -2.16. The molecule has 0 rings (SSSR count). The molecule has 0 aliphatic carbocycles. The number of carbonyl (C=O) groups is 3. The third kappa shape index (κ3) is 17.9. The van der Waals surface area contributed by atoms with Crippen LogP contribution in [0.4, 0.5) is 4.79 Å². The average Bonchev–Trinajstić information content (AvgIpc) is 2.72. The molecule has 0 aromatic heterocycles. The van der Waals surface area contributed by atoms with Gasteiger partial charge in [0.1, 0.15) is 6.04 Å². The normalized spacial score (nSPS) is 12.5. The summed E-state index contributed by atoms with van der Waals surface area (Å²) in [5.74, 6) is 0.254. The van der Waals surface area contributed by atoms with E-state index in [1.54, 1.807) is 6.92 Å². The Morgan fingerprint density at radius 2 is 1.55 bits per heavy atom. The monoisotopic (exact) mass is 477 g/mol. The van der Waals surface area contributed by atoms with Crippen LogP contribution >= 0.6 is 11.8 Å². The van der Waals surface area contributed by atoms with Crippen LogP contribution in [-0.2, 0) is 9.59 Å². The van der Waals surface area contributed by atoms with Crippen LogP contribution in [0.25, 0.3) is 0 Å². The number of urea groups is 1. The number of hydrogen-bond acceptors (Lipinski definition) is 4. The van der Waals surface area contributed by atoms with Crippen LogP contribution in [-0.4, -0.2) is 35.4 Å². The number of hydrogen-bond donors (Lipinski definition) is 3. The van der Waals surface area contributed by atoms with E-state index in [-0.39, 0.29) is 12.3 Å². The molecule has 4 N–H and O–H groups in total. The van der Waals surface area contributed by atoms with Gasteiger partial charge in [-0.25, -0.2) is 4.79 Å². The molecule has 0 bridgehead atoms. The molecule has 33 heavy (non-hydrogen) atoms. The van der Waals surface area contributed by atoms with Gasteiger partial charge >= 0.3 is 6.03 Å². The first kappa shape index (κ1) is 30.7. The van der Waals surface area contributed by atoms with Crippen LogP contribution in [0.2, 0.25) is 0 Å². The summed E-state index contributed by atoms with van der Waals surface area (Å²) >= 11 is 1.54. The fourth-order valence-corrected chi connectivity index (χ4v) is 3.83. The van der Waals surface area contributed by atoms with Gasteiger partial charge in [0, 0.05) is 17.9 Å². The molecule has 0 heterocycles. The summed E-state index contributed by atoms with van der Waals surface area (Å²) in [4.78, 5) is 34.9. The Labute approximate surface area is 204 Å². The first-order valence-electron chi connectivity index (χ1n) is 11.6. The molecule has 0 aliphatic rings. The lowest BCUT2D eigenvalue weighted by atomic mass is 10.0. The average molecular weight is 478 g/mol. The highest BCUT2D eigenvalue weighted by atomic mass is 32.2. The molecule has 7 heteroatoms. The van der Waals surface area contributed by atoms with Crippen molar-refractivity contribution in [3.63, 3.8) is 0 Å². The summed E-state index contributed by atoms with van der Waals surface area (Å²) in [6.45, 7) is 12.3. The zero-order chi connectivity index (χ0) is 25.2. The van der Waals surface area contributed by atoms with E-state index in [9.17, 15) is 14.4 Å². The standard InChI is InChI=1S/C26H43N3O3S/c1-7-24(30)28-23(25(31)29-26(27)32)18-33-17-16-22(15-14-20(4)5)13-9-12-21(6)11-8-10-19(2)3/h10,12,14,16,23H,7-9,11,13,15,17-18H2,1-6H3,(H,28,30)(H3,27,29,31,32)/b21-12+,22-16-. The van der Waals surface area contributed by atoms with Crippen LogP contribution < -0.4 is 16.4 Å². The maximum atomic E-state index is 12.2. The van der Waals surface area contributed by atoms with Gasteiger partial charge in [0.15, 0.2) is 0 Å². The second-order valence-electron chi connectivity index (χ2n) is 8.62. The van der Waals surface area contributed by atoms with E-state index < -0.39 is 18.0 Å². The predicted molar refractivity (Wildman–Crippen MR) is 141 cm³/mol. The Kier molecular flexibility index (Phi) is 16.9. The minimum atomic E-state index is -0.922. The molecule has 0 fully saturated rings. The Morgan fingerprint density at radius 1 is 0.909 bits per heavy atom. The van der Waals surface area contributed by atoms with E-state index in [2.05, 4.69) is 69.6 Å². The molecular formula is C26H43N3O3S. The predicted octanol–water partition coefficient (Wildman–Crippen LogP) is 5.56. The summed E-state index contributed by atoms with van der Waals surface area (Å²) in [6.07, 6.45) is 14.4. The Bertz CT molecular complexity index is 759. The molecule has 0 aromatic rings. The van der Waals surface area contributed by atoms with Crippen LogP contribution in [0.15, 0.2) is 46.6 Å². The van der Waals surface area contributed by atoms with Gasteiger partial charge in [0.2, 0.25) is 5.91 Å². The molecule has 1 atom stereocenters. The quantitative estimate of drug-likeness (QED) is 0.212. The van der Waals surface area contributed by atoms with Crippen molar-refractivity contribution in [2.45, 2.75) is 86.1 Å². The third-order valence-corrected chi connectivity index (χ3v) is 5.79. The fraction of sp³-hybridized carbons (Fsp3) is 0.577. The van der Waals surface area contributed by atoms with E-state index >= 15 is 0 Å². The van der Waals surface area contributed by atoms with Gasteiger partial charge in [-0.15, -0.1) is 0 Å². The zero-order valence-corrected chi connectivity index (χ0v) is 22.1. The van der Waals surface area contributed by atoms with Crippen LogP contribution in [0.1, 0.15) is 80.1 Å². The highest BCUT2D eigenvalue weighted by Crippen LogP contribution is 2.17. The molecule has 6 nitrogen and oxygen atoms in total.